The molecule has 0 unspecified atom stereocenters. The second-order valence-electron chi connectivity index (χ2n) is 5.16. The molecule has 2 aromatic rings. The SMILES string of the molecule is Cc1ccc([N+](=O)[O-])cc1-c1nccc(CNC(C)C)n1. The molecule has 0 aliphatic carbocycles. The summed E-state index contributed by atoms with van der Waals surface area (Å²) >= 11 is 0. The molecule has 0 saturated carbocycles. The van der Waals surface area contributed by atoms with Crippen molar-refractivity contribution in [3.05, 3.63) is 51.8 Å². The van der Waals surface area contributed by atoms with E-state index in [-0.39, 0.29) is 5.69 Å². The Kier molecular flexibility index (Phi) is 4.59. The first-order chi connectivity index (χ1) is 9.97. The molecule has 0 radical (unpaired) electrons. The Morgan fingerprint density at radius 3 is 2.76 bits per heavy atom. The van der Waals surface area contributed by atoms with Crippen molar-refractivity contribution in [1.82, 2.24) is 15.3 Å². The molecule has 0 fully saturated rings. The maximum Gasteiger partial charge on any atom is 0.270 e. The van der Waals surface area contributed by atoms with E-state index in [1.54, 1.807) is 12.3 Å². The highest BCUT2D eigenvalue weighted by molar-refractivity contribution is 5.63. The number of nitro benzene ring substituents is 1. The average Bonchev–Trinajstić information content (AvgIpc) is 2.45. The number of nitro groups is 1. The molecule has 0 saturated heterocycles. The summed E-state index contributed by atoms with van der Waals surface area (Å²) in [6.07, 6.45) is 1.68. The van der Waals surface area contributed by atoms with Crippen LogP contribution in [0.4, 0.5) is 5.69 Å². The first kappa shape index (κ1) is 15.1. The lowest BCUT2D eigenvalue weighted by molar-refractivity contribution is -0.384. The van der Waals surface area contributed by atoms with E-state index in [0.29, 0.717) is 24.0 Å². The van der Waals surface area contributed by atoms with Crippen molar-refractivity contribution in [2.24, 2.45) is 0 Å². The molecule has 0 aliphatic heterocycles. The van der Waals surface area contributed by atoms with Crippen LogP contribution in [0.15, 0.2) is 30.5 Å². The average molecular weight is 286 g/mol. The van der Waals surface area contributed by atoms with Gasteiger partial charge in [0.2, 0.25) is 0 Å². The summed E-state index contributed by atoms with van der Waals surface area (Å²) in [6, 6.07) is 6.93. The predicted molar refractivity (Wildman–Crippen MR) is 80.8 cm³/mol. The molecule has 21 heavy (non-hydrogen) atoms. The first-order valence-corrected chi connectivity index (χ1v) is 6.78. The molecule has 0 amide bonds. The zero-order valence-corrected chi connectivity index (χ0v) is 12.3. The number of hydrogen-bond donors (Lipinski definition) is 1. The Bertz CT molecular complexity index is 656. The van der Waals surface area contributed by atoms with Gasteiger partial charge in [-0.3, -0.25) is 10.1 Å². The fourth-order valence-corrected chi connectivity index (χ4v) is 1.90. The van der Waals surface area contributed by atoms with E-state index in [4.69, 9.17) is 0 Å². The molecule has 2 rings (SSSR count). The second-order valence-corrected chi connectivity index (χ2v) is 5.16. The fourth-order valence-electron chi connectivity index (χ4n) is 1.90. The summed E-state index contributed by atoms with van der Waals surface area (Å²) < 4.78 is 0. The monoisotopic (exact) mass is 286 g/mol. The van der Waals surface area contributed by atoms with Crippen LogP contribution in [0.3, 0.4) is 0 Å². The Morgan fingerprint density at radius 2 is 2.10 bits per heavy atom. The van der Waals surface area contributed by atoms with Crippen LogP contribution >= 0.6 is 0 Å². The predicted octanol–water partition coefficient (Wildman–Crippen LogP) is 2.86. The number of aryl methyl sites for hydroxylation is 1. The largest absolute Gasteiger partial charge is 0.309 e. The highest BCUT2D eigenvalue weighted by atomic mass is 16.6. The van der Waals surface area contributed by atoms with Crippen LogP contribution < -0.4 is 5.32 Å². The molecule has 1 aromatic heterocycles. The minimum Gasteiger partial charge on any atom is -0.309 e. The Balaban J connectivity index is 2.35. The summed E-state index contributed by atoms with van der Waals surface area (Å²) in [7, 11) is 0. The smallest absolute Gasteiger partial charge is 0.270 e. The van der Waals surface area contributed by atoms with Gasteiger partial charge < -0.3 is 5.32 Å². The number of aromatic nitrogens is 2. The van der Waals surface area contributed by atoms with Crippen molar-refractivity contribution in [2.45, 2.75) is 33.4 Å². The summed E-state index contributed by atoms with van der Waals surface area (Å²) in [5.41, 5.74) is 2.51. The third-order valence-electron chi connectivity index (χ3n) is 3.08. The summed E-state index contributed by atoms with van der Waals surface area (Å²) in [5, 5.41) is 14.2. The Hall–Kier alpha value is -2.34. The van der Waals surface area contributed by atoms with E-state index in [9.17, 15) is 10.1 Å². The Labute approximate surface area is 123 Å². The molecule has 0 spiro atoms. The van der Waals surface area contributed by atoms with Crippen LogP contribution in [0.2, 0.25) is 0 Å². The lowest BCUT2D eigenvalue weighted by Gasteiger charge is -2.09. The molecule has 0 atom stereocenters. The van der Waals surface area contributed by atoms with Crippen LogP contribution in [0.1, 0.15) is 25.1 Å². The molecular weight excluding hydrogens is 268 g/mol. The van der Waals surface area contributed by atoms with Crippen molar-refractivity contribution in [3.8, 4) is 11.4 Å². The van der Waals surface area contributed by atoms with Gasteiger partial charge in [-0.25, -0.2) is 9.97 Å². The van der Waals surface area contributed by atoms with Gasteiger partial charge in [0.05, 0.1) is 10.6 Å². The highest BCUT2D eigenvalue weighted by Crippen LogP contribution is 2.24. The van der Waals surface area contributed by atoms with Gasteiger partial charge in [-0.15, -0.1) is 0 Å². The van der Waals surface area contributed by atoms with Gasteiger partial charge in [0, 0.05) is 36.5 Å². The van der Waals surface area contributed by atoms with Crippen LogP contribution in [0.25, 0.3) is 11.4 Å². The zero-order chi connectivity index (χ0) is 15.4. The maximum atomic E-state index is 10.9. The maximum absolute atomic E-state index is 10.9. The third-order valence-corrected chi connectivity index (χ3v) is 3.08. The van der Waals surface area contributed by atoms with E-state index in [1.807, 2.05) is 13.0 Å². The van der Waals surface area contributed by atoms with E-state index >= 15 is 0 Å². The van der Waals surface area contributed by atoms with Gasteiger partial charge in [0.1, 0.15) is 0 Å². The molecule has 0 aliphatic rings. The van der Waals surface area contributed by atoms with Gasteiger partial charge in [-0.2, -0.15) is 0 Å². The lowest BCUT2D eigenvalue weighted by atomic mass is 10.1. The molecule has 1 aromatic carbocycles. The highest BCUT2D eigenvalue weighted by Gasteiger charge is 2.12. The third kappa shape index (κ3) is 3.82. The van der Waals surface area contributed by atoms with Crippen molar-refractivity contribution in [1.29, 1.82) is 0 Å². The lowest BCUT2D eigenvalue weighted by Crippen LogP contribution is -2.22. The standard InChI is InChI=1S/C15H18N4O2/c1-10(2)17-9-12-6-7-16-15(18-12)14-8-13(19(20)21)5-4-11(14)3/h4-8,10,17H,9H2,1-3H3. The van der Waals surface area contributed by atoms with Gasteiger partial charge in [0.15, 0.2) is 5.82 Å². The normalized spacial score (nSPS) is 10.9. The molecule has 6 heteroatoms. The quantitative estimate of drug-likeness (QED) is 0.675. The van der Waals surface area contributed by atoms with E-state index < -0.39 is 4.92 Å². The molecular formula is C15H18N4O2. The zero-order valence-electron chi connectivity index (χ0n) is 12.3. The summed E-state index contributed by atoms with van der Waals surface area (Å²) in [6.45, 7) is 6.65. The minimum atomic E-state index is -0.410. The van der Waals surface area contributed by atoms with Crippen LogP contribution in [-0.4, -0.2) is 20.9 Å². The van der Waals surface area contributed by atoms with E-state index in [0.717, 1.165) is 11.3 Å². The second kappa shape index (κ2) is 6.41. The number of non-ortho nitro benzene ring substituents is 1. The minimum absolute atomic E-state index is 0.0462. The van der Waals surface area contributed by atoms with Crippen molar-refractivity contribution >= 4 is 5.69 Å². The number of nitrogens with zero attached hydrogens (tertiary/aromatic N) is 3. The van der Waals surface area contributed by atoms with Gasteiger partial charge in [0.25, 0.3) is 5.69 Å². The van der Waals surface area contributed by atoms with E-state index in [1.165, 1.54) is 12.1 Å². The van der Waals surface area contributed by atoms with E-state index in [2.05, 4.69) is 29.1 Å². The molecule has 110 valence electrons. The van der Waals surface area contributed by atoms with Gasteiger partial charge in [-0.05, 0) is 18.6 Å². The number of benzene rings is 1. The fraction of sp³-hybridized carbons (Fsp3) is 0.333. The molecule has 0 bridgehead atoms. The molecule has 1 heterocycles. The van der Waals surface area contributed by atoms with Crippen molar-refractivity contribution in [3.63, 3.8) is 0 Å². The topological polar surface area (TPSA) is 81.0 Å². The van der Waals surface area contributed by atoms with Gasteiger partial charge in [-0.1, -0.05) is 19.9 Å². The summed E-state index contributed by atoms with van der Waals surface area (Å²) in [5.74, 6) is 0.513. The van der Waals surface area contributed by atoms with Crippen molar-refractivity contribution in [2.75, 3.05) is 0 Å². The number of nitrogens with one attached hydrogen (secondary N) is 1. The first-order valence-electron chi connectivity index (χ1n) is 6.78. The molecule has 6 nitrogen and oxygen atoms in total. The van der Waals surface area contributed by atoms with Crippen molar-refractivity contribution < 1.29 is 4.92 Å². The van der Waals surface area contributed by atoms with Crippen LogP contribution in [-0.2, 0) is 6.54 Å². The van der Waals surface area contributed by atoms with Crippen LogP contribution in [0, 0.1) is 17.0 Å². The molecule has 1 N–H and O–H groups in total. The number of rotatable bonds is 5. The summed E-state index contributed by atoms with van der Waals surface area (Å²) in [4.78, 5) is 19.2. The van der Waals surface area contributed by atoms with Gasteiger partial charge >= 0.3 is 0 Å². The van der Waals surface area contributed by atoms with Crippen LogP contribution in [0.5, 0.6) is 0 Å². The number of hydrogen-bond acceptors (Lipinski definition) is 5. The Morgan fingerprint density at radius 1 is 1.33 bits per heavy atom.